The first-order chi connectivity index (χ1) is 24.2. The van der Waals surface area contributed by atoms with Crippen LogP contribution in [0.1, 0.15) is 61.2 Å². The summed E-state index contributed by atoms with van der Waals surface area (Å²) in [5, 5.41) is 3.87. The summed E-state index contributed by atoms with van der Waals surface area (Å²) >= 11 is 0. The van der Waals surface area contributed by atoms with E-state index in [1.54, 1.807) is 13.1 Å². The molecule has 0 radical (unpaired) electrons. The molecule has 1 spiro atoms. The Morgan fingerprint density at radius 1 is 1.00 bits per heavy atom. The van der Waals surface area contributed by atoms with Gasteiger partial charge in [-0.25, -0.2) is 4.98 Å². The van der Waals surface area contributed by atoms with Gasteiger partial charge in [-0.1, -0.05) is 29.4 Å². The van der Waals surface area contributed by atoms with E-state index in [0.29, 0.717) is 56.9 Å². The molecule has 2 aromatic carbocycles. The van der Waals surface area contributed by atoms with E-state index in [2.05, 4.69) is 50.4 Å². The van der Waals surface area contributed by atoms with Crippen molar-refractivity contribution in [2.24, 2.45) is 10.4 Å². The largest absolute Gasteiger partial charge is 0.475 e. The highest BCUT2D eigenvalue weighted by Crippen LogP contribution is 2.43. The average Bonchev–Trinajstić information content (AvgIpc) is 3.92. The zero-order valence-corrected chi connectivity index (χ0v) is 28.8. The molecule has 2 aromatic heterocycles. The van der Waals surface area contributed by atoms with Gasteiger partial charge in [-0.3, -0.25) is 19.5 Å². The Labute approximate surface area is 291 Å². The van der Waals surface area contributed by atoms with Gasteiger partial charge in [0.15, 0.2) is 5.82 Å². The summed E-state index contributed by atoms with van der Waals surface area (Å²) in [5.41, 5.74) is 7.72. The lowest BCUT2D eigenvalue weighted by Gasteiger charge is -2.29. The van der Waals surface area contributed by atoms with Crippen LogP contribution in [0.2, 0.25) is 0 Å². The molecule has 0 aliphatic carbocycles. The molecule has 8 rings (SSSR count). The first kappa shape index (κ1) is 32.1. The lowest BCUT2D eigenvalue weighted by atomic mass is 9.85. The van der Waals surface area contributed by atoms with Gasteiger partial charge in [0.25, 0.3) is 5.89 Å². The maximum atomic E-state index is 14.0. The van der Waals surface area contributed by atoms with Crippen molar-refractivity contribution in [2.45, 2.75) is 52.7 Å². The molecule has 0 N–H and O–H groups in total. The molecule has 50 heavy (non-hydrogen) atoms. The molecule has 1 atom stereocenters. The molecule has 0 saturated carbocycles. The van der Waals surface area contributed by atoms with Crippen LogP contribution in [0, 0.1) is 12.3 Å². The normalized spacial score (nSPS) is 20.5. The van der Waals surface area contributed by atoms with Crippen LogP contribution in [-0.4, -0.2) is 87.8 Å². The highest BCUT2D eigenvalue weighted by Gasteiger charge is 2.51. The number of likely N-dealkylation sites (tertiary alicyclic amines) is 1. The minimum Gasteiger partial charge on any atom is -0.475 e. The minimum absolute atomic E-state index is 0.0562. The topological polar surface area (TPSA) is 117 Å². The zero-order chi connectivity index (χ0) is 34.4. The van der Waals surface area contributed by atoms with Crippen molar-refractivity contribution in [1.82, 2.24) is 24.9 Å². The standard InChI is InChI=1S/C39H41N7O4/c1-25(2)49-34-11-9-31(22-40-34)36-33-20-32(10-8-30(33)21-41-36)46-19-15-39(38(46)48)14-18-44(24-39)23-35(47)45-16-12-28(13-17-45)27-4-6-29(7-5-27)37-42-26(3)43-50-37/h4-12,20,22,25H,13-19,21,23-24H2,1-3H3/t39-/m0/s1. The number of hydrogen-bond donors (Lipinski definition) is 0. The average molecular weight is 672 g/mol. The Hall–Kier alpha value is -5.16. The van der Waals surface area contributed by atoms with Gasteiger partial charge >= 0.3 is 0 Å². The summed E-state index contributed by atoms with van der Waals surface area (Å²) in [4.78, 5) is 47.1. The van der Waals surface area contributed by atoms with E-state index < -0.39 is 5.41 Å². The molecule has 4 aromatic rings. The second-order valence-corrected chi connectivity index (χ2v) is 14.0. The van der Waals surface area contributed by atoms with Crippen LogP contribution < -0.4 is 9.64 Å². The van der Waals surface area contributed by atoms with Gasteiger partial charge in [0.1, 0.15) is 0 Å². The highest BCUT2D eigenvalue weighted by molar-refractivity contribution is 6.16. The van der Waals surface area contributed by atoms with Crippen molar-refractivity contribution < 1.29 is 18.8 Å². The number of aryl methyl sites for hydroxylation is 1. The fraction of sp³-hybridized carbons (Fsp3) is 0.385. The van der Waals surface area contributed by atoms with Crippen molar-refractivity contribution in [1.29, 1.82) is 0 Å². The number of ether oxygens (including phenoxy) is 1. The lowest BCUT2D eigenvalue weighted by molar-refractivity contribution is -0.132. The van der Waals surface area contributed by atoms with Crippen molar-refractivity contribution in [3.8, 4) is 17.3 Å². The van der Waals surface area contributed by atoms with Gasteiger partial charge in [0.2, 0.25) is 17.7 Å². The molecular formula is C39H41N7O4. The van der Waals surface area contributed by atoms with Crippen molar-refractivity contribution in [3.63, 3.8) is 0 Å². The zero-order valence-electron chi connectivity index (χ0n) is 28.8. The number of anilines is 1. The predicted molar refractivity (Wildman–Crippen MR) is 190 cm³/mol. The summed E-state index contributed by atoms with van der Waals surface area (Å²) in [6, 6.07) is 18.2. The lowest BCUT2D eigenvalue weighted by Crippen LogP contribution is -2.43. The van der Waals surface area contributed by atoms with Crippen LogP contribution >= 0.6 is 0 Å². The maximum Gasteiger partial charge on any atom is 0.257 e. The molecule has 0 bridgehead atoms. The Bertz CT molecular complexity index is 2000. The fourth-order valence-electron chi connectivity index (χ4n) is 7.65. The molecule has 256 valence electrons. The molecule has 6 heterocycles. The van der Waals surface area contributed by atoms with Crippen molar-refractivity contribution >= 4 is 28.8 Å². The monoisotopic (exact) mass is 671 g/mol. The summed E-state index contributed by atoms with van der Waals surface area (Å²) in [6.45, 7) is 10.00. The van der Waals surface area contributed by atoms with Crippen LogP contribution in [-0.2, 0) is 16.1 Å². The van der Waals surface area contributed by atoms with Crippen LogP contribution in [0.4, 0.5) is 5.69 Å². The number of hydrogen-bond acceptors (Lipinski definition) is 9. The van der Waals surface area contributed by atoms with E-state index in [4.69, 9.17) is 14.3 Å². The predicted octanol–water partition coefficient (Wildman–Crippen LogP) is 5.32. The maximum absolute atomic E-state index is 14.0. The number of carbonyl (C=O) groups is 2. The van der Waals surface area contributed by atoms with E-state index in [1.807, 2.05) is 54.0 Å². The summed E-state index contributed by atoms with van der Waals surface area (Å²) in [7, 11) is 0. The molecule has 2 saturated heterocycles. The van der Waals surface area contributed by atoms with Gasteiger partial charge in [0.05, 0.1) is 30.3 Å². The Morgan fingerprint density at radius 2 is 1.80 bits per heavy atom. The minimum atomic E-state index is -0.451. The van der Waals surface area contributed by atoms with E-state index in [-0.39, 0.29) is 17.9 Å². The second kappa shape index (κ2) is 12.9. The Morgan fingerprint density at radius 3 is 2.52 bits per heavy atom. The molecule has 11 heteroatoms. The van der Waals surface area contributed by atoms with Crippen molar-refractivity contribution in [2.75, 3.05) is 44.2 Å². The van der Waals surface area contributed by atoms with Gasteiger partial charge in [-0.05, 0) is 93.6 Å². The number of aliphatic imine (C=N–C) groups is 1. The molecule has 0 unspecified atom stereocenters. The smallest absolute Gasteiger partial charge is 0.257 e. The van der Waals surface area contributed by atoms with Gasteiger partial charge in [-0.2, -0.15) is 4.98 Å². The van der Waals surface area contributed by atoms with Gasteiger partial charge < -0.3 is 19.1 Å². The third-order valence-corrected chi connectivity index (χ3v) is 10.3. The number of carbonyl (C=O) groups excluding carboxylic acids is 2. The molecule has 4 aliphatic rings. The quantitative estimate of drug-likeness (QED) is 0.247. The highest BCUT2D eigenvalue weighted by atomic mass is 16.5. The van der Waals surface area contributed by atoms with Crippen molar-refractivity contribution in [3.05, 3.63) is 94.9 Å². The number of nitrogens with zero attached hydrogens (tertiary/aromatic N) is 7. The third-order valence-electron chi connectivity index (χ3n) is 10.3. The SMILES string of the molecule is Cc1noc(-c2ccc(C3=CCN(C(=O)CN4CC[C@]5(CCN(c6ccc7c(c6)C(c6ccc(OC(C)C)nc6)=NC7)C5=O)C4)CC3)cc2)n1. The number of amides is 2. The second-order valence-electron chi connectivity index (χ2n) is 14.0. The summed E-state index contributed by atoms with van der Waals surface area (Å²) < 4.78 is 11.0. The van der Waals surface area contributed by atoms with Gasteiger partial charge in [0, 0.05) is 60.8 Å². The van der Waals surface area contributed by atoms with Crippen LogP contribution in [0.5, 0.6) is 5.88 Å². The van der Waals surface area contributed by atoms with Crippen LogP contribution in [0.25, 0.3) is 17.0 Å². The number of benzene rings is 2. The molecule has 4 aliphatic heterocycles. The van der Waals surface area contributed by atoms with E-state index in [1.165, 1.54) is 5.57 Å². The molecule has 2 fully saturated rings. The Balaban J connectivity index is 0.876. The summed E-state index contributed by atoms with van der Waals surface area (Å²) in [5.74, 6) is 1.99. The van der Waals surface area contributed by atoms with Crippen LogP contribution in [0.3, 0.4) is 0 Å². The number of fused-ring (bicyclic) bond motifs is 1. The first-order valence-electron chi connectivity index (χ1n) is 17.5. The molecule has 2 amide bonds. The fourth-order valence-corrected chi connectivity index (χ4v) is 7.65. The van der Waals surface area contributed by atoms with E-state index in [9.17, 15) is 9.59 Å². The molecule has 11 nitrogen and oxygen atoms in total. The van der Waals surface area contributed by atoms with Crippen LogP contribution in [0.15, 0.2) is 76.4 Å². The first-order valence-corrected chi connectivity index (χ1v) is 17.5. The Kier molecular flexibility index (Phi) is 8.30. The number of aromatic nitrogens is 3. The summed E-state index contributed by atoms with van der Waals surface area (Å²) in [6.07, 6.45) is 6.37. The van der Waals surface area contributed by atoms with E-state index in [0.717, 1.165) is 65.0 Å². The van der Waals surface area contributed by atoms with Gasteiger partial charge in [-0.15, -0.1) is 0 Å². The third kappa shape index (κ3) is 6.10. The van der Waals surface area contributed by atoms with E-state index >= 15 is 0 Å². The molecular weight excluding hydrogens is 630 g/mol. The number of rotatable bonds is 8. The number of pyridine rings is 1.